The summed E-state index contributed by atoms with van der Waals surface area (Å²) in [6, 6.07) is 0. The van der Waals surface area contributed by atoms with E-state index in [9.17, 15) is 15.3 Å². The van der Waals surface area contributed by atoms with Crippen LogP contribution in [0.2, 0.25) is 0 Å². The van der Waals surface area contributed by atoms with Crippen LogP contribution >= 0.6 is 0 Å². The highest BCUT2D eigenvalue weighted by Crippen LogP contribution is 2.36. The molecule has 0 aromatic carbocycles. The van der Waals surface area contributed by atoms with Crippen molar-refractivity contribution in [2.75, 3.05) is 19.8 Å². The maximum absolute atomic E-state index is 10.1. The molecule has 3 nitrogen and oxygen atoms in total. The molecule has 0 aliphatic heterocycles. The summed E-state index contributed by atoms with van der Waals surface area (Å²) in [6.45, 7) is 0.0740. The van der Waals surface area contributed by atoms with E-state index in [1.54, 1.807) is 0 Å². The van der Waals surface area contributed by atoms with E-state index in [2.05, 4.69) is 0 Å². The Hall–Kier alpha value is -0.120. The van der Waals surface area contributed by atoms with Gasteiger partial charge in [0.2, 0.25) is 0 Å². The summed E-state index contributed by atoms with van der Waals surface area (Å²) < 4.78 is 0. The van der Waals surface area contributed by atoms with Crippen LogP contribution in [0.5, 0.6) is 0 Å². The van der Waals surface area contributed by atoms with Crippen molar-refractivity contribution in [2.24, 2.45) is 11.3 Å². The summed E-state index contributed by atoms with van der Waals surface area (Å²) in [5.74, 6) is 0.0241. The fraction of sp³-hybridized carbons (Fsp3) is 1.00. The van der Waals surface area contributed by atoms with Crippen LogP contribution in [0.1, 0.15) is 154 Å². The molecule has 3 heteroatoms. The first-order valence-electron chi connectivity index (χ1n) is 14.6. The quantitative estimate of drug-likeness (QED) is 0.405. The molecule has 0 spiro atoms. The second-order valence-electron chi connectivity index (χ2n) is 10.9. The van der Waals surface area contributed by atoms with Crippen molar-refractivity contribution in [1.82, 2.24) is 0 Å². The van der Waals surface area contributed by atoms with Gasteiger partial charge in [-0.3, -0.25) is 0 Å². The molecule has 0 radical (unpaired) electrons. The molecule has 0 saturated heterocycles. The van der Waals surface area contributed by atoms with Gasteiger partial charge in [-0.25, -0.2) is 0 Å². The number of hydrogen-bond donors (Lipinski definition) is 3. The molecule has 0 aromatic rings. The highest BCUT2D eigenvalue weighted by Gasteiger charge is 2.36. The van der Waals surface area contributed by atoms with Gasteiger partial charge in [0.1, 0.15) is 0 Å². The average molecular weight is 455 g/mol. The lowest BCUT2D eigenvalue weighted by Gasteiger charge is -2.37. The van der Waals surface area contributed by atoms with Crippen LogP contribution < -0.4 is 0 Å². The molecule has 1 fully saturated rings. The normalized spacial score (nSPS) is 25.8. The summed E-state index contributed by atoms with van der Waals surface area (Å²) in [5, 5.41) is 30.2. The van der Waals surface area contributed by atoms with Gasteiger partial charge in [-0.2, -0.15) is 0 Å². The van der Waals surface area contributed by atoms with Crippen LogP contribution in [0, 0.1) is 11.3 Å². The lowest BCUT2D eigenvalue weighted by atomic mass is 9.71. The Morgan fingerprint density at radius 3 is 0.969 bits per heavy atom. The van der Waals surface area contributed by atoms with Gasteiger partial charge in [0.15, 0.2) is 0 Å². The zero-order valence-electron chi connectivity index (χ0n) is 21.5. The first kappa shape index (κ1) is 29.9. The first-order chi connectivity index (χ1) is 15.8. The van der Waals surface area contributed by atoms with Crippen molar-refractivity contribution in [3.05, 3.63) is 0 Å². The number of aliphatic hydroxyl groups excluding tert-OH is 3. The topological polar surface area (TPSA) is 60.7 Å². The molecule has 0 aromatic heterocycles. The Balaban J connectivity index is 2.40. The van der Waals surface area contributed by atoms with Gasteiger partial charge in [0, 0.05) is 12.0 Å². The third-order valence-corrected chi connectivity index (χ3v) is 8.19. The van der Waals surface area contributed by atoms with Gasteiger partial charge in [-0.1, -0.05) is 141 Å². The molecule has 1 aliphatic rings. The van der Waals surface area contributed by atoms with E-state index in [1.165, 1.54) is 128 Å². The summed E-state index contributed by atoms with van der Waals surface area (Å²) in [5.41, 5.74) is -0.500. The minimum Gasteiger partial charge on any atom is -0.396 e. The average Bonchev–Trinajstić information content (AvgIpc) is 2.82. The molecule has 0 amide bonds. The molecule has 3 N–H and O–H groups in total. The van der Waals surface area contributed by atoms with Crippen molar-refractivity contribution >= 4 is 0 Å². The monoisotopic (exact) mass is 454 g/mol. The fourth-order valence-corrected chi connectivity index (χ4v) is 5.66. The molecule has 1 rings (SSSR count). The zero-order valence-corrected chi connectivity index (χ0v) is 21.5. The molecule has 192 valence electrons. The van der Waals surface area contributed by atoms with Crippen LogP contribution in [0.4, 0.5) is 0 Å². The van der Waals surface area contributed by atoms with Crippen molar-refractivity contribution in [3.8, 4) is 0 Å². The van der Waals surface area contributed by atoms with Gasteiger partial charge < -0.3 is 15.3 Å². The molecule has 32 heavy (non-hydrogen) atoms. The van der Waals surface area contributed by atoms with Gasteiger partial charge in [-0.15, -0.1) is 0 Å². The molecule has 1 aliphatic carbocycles. The fourth-order valence-electron chi connectivity index (χ4n) is 5.66. The minimum absolute atomic E-state index is 0.00523. The van der Waals surface area contributed by atoms with E-state index in [4.69, 9.17) is 0 Å². The Kier molecular flexibility index (Phi) is 20.0. The number of hydrogen-bond acceptors (Lipinski definition) is 3. The van der Waals surface area contributed by atoms with E-state index in [0.717, 1.165) is 25.7 Å². The molecule has 0 bridgehead atoms. The van der Waals surface area contributed by atoms with Crippen LogP contribution in [0.25, 0.3) is 0 Å². The van der Waals surface area contributed by atoms with E-state index in [-0.39, 0.29) is 25.7 Å². The maximum Gasteiger partial charge on any atom is 0.0512 e. The van der Waals surface area contributed by atoms with Gasteiger partial charge >= 0.3 is 0 Å². The number of aliphatic hydroxyl groups is 3. The Morgan fingerprint density at radius 2 is 0.688 bits per heavy atom. The van der Waals surface area contributed by atoms with Gasteiger partial charge in [0.25, 0.3) is 0 Å². The Labute approximate surface area is 200 Å². The molecule has 1 unspecified atom stereocenters. The van der Waals surface area contributed by atoms with Gasteiger partial charge in [-0.05, 0) is 18.8 Å². The zero-order chi connectivity index (χ0) is 23.2. The summed E-state index contributed by atoms with van der Waals surface area (Å²) >= 11 is 0. The van der Waals surface area contributed by atoms with Crippen LogP contribution in [0.3, 0.4) is 0 Å². The highest BCUT2D eigenvalue weighted by atomic mass is 16.3. The van der Waals surface area contributed by atoms with Crippen molar-refractivity contribution in [2.45, 2.75) is 154 Å². The van der Waals surface area contributed by atoms with Gasteiger partial charge in [0.05, 0.1) is 13.2 Å². The number of rotatable bonds is 3. The Bertz CT molecular complexity index is 381. The molecule has 1 saturated carbocycles. The molecular weight excluding hydrogens is 396 g/mol. The standard InChI is InChI=1S/C29H58O3/c30-25-28-23-21-19-17-15-13-11-9-7-5-3-1-2-4-6-8-10-12-14-16-18-20-22-24-29(28,26-31)27-32/h28,30-32H,1-27H2. The van der Waals surface area contributed by atoms with E-state index in [0.29, 0.717) is 0 Å². The van der Waals surface area contributed by atoms with Crippen LogP contribution in [0.15, 0.2) is 0 Å². The van der Waals surface area contributed by atoms with E-state index in [1.807, 2.05) is 0 Å². The second kappa shape index (κ2) is 21.4. The smallest absolute Gasteiger partial charge is 0.0512 e. The Morgan fingerprint density at radius 1 is 0.406 bits per heavy atom. The first-order valence-corrected chi connectivity index (χ1v) is 14.6. The SMILES string of the molecule is OCC1CCCCCCCCCCCCCCCCCCCCCCCCC1(CO)CO. The lowest BCUT2D eigenvalue weighted by molar-refractivity contribution is -0.0303. The molecule has 1 atom stereocenters. The van der Waals surface area contributed by atoms with Crippen molar-refractivity contribution < 1.29 is 15.3 Å². The largest absolute Gasteiger partial charge is 0.396 e. The summed E-state index contributed by atoms with van der Waals surface area (Å²) in [6.07, 6.45) is 31.2. The van der Waals surface area contributed by atoms with Crippen molar-refractivity contribution in [3.63, 3.8) is 0 Å². The van der Waals surface area contributed by atoms with E-state index < -0.39 is 5.41 Å². The third-order valence-electron chi connectivity index (χ3n) is 8.19. The second-order valence-corrected chi connectivity index (χ2v) is 10.9. The minimum atomic E-state index is -0.500. The van der Waals surface area contributed by atoms with Crippen LogP contribution in [-0.2, 0) is 0 Å². The van der Waals surface area contributed by atoms with Crippen molar-refractivity contribution in [1.29, 1.82) is 0 Å². The predicted octanol–water partition coefficient (Wildman–Crippen LogP) is 7.94. The lowest BCUT2D eigenvalue weighted by Crippen LogP contribution is -2.40. The maximum atomic E-state index is 10.1. The summed E-state index contributed by atoms with van der Waals surface area (Å²) in [7, 11) is 0. The molecule has 0 heterocycles. The highest BCUT2D eigenvalue weighted by molar-refractivity contribution is 4.85. The molecular formula is C29H58O3. The van der Waals surface area contributed by atoms with E-state index >= 15 is 0 Å². The van der Waals surface area contributed by atoms with Crippen LogP contribution in [-0.4, -0.2) is 35.1 Å². The predicted molar refractivity (Wildman–Crippen MR) is 138 cm³/mol. The summed E-state index contributed by atoms with van der Waals surface area (Å²) in [4.78, 5) is 0. The third kappa shape index (κ3) is 14.2.